The molecule has 8 aromatic carbocycles. The van der Waals surface area contributed by atoms with Crippen LogP contribution in [0, 0.1) is 0 Å². The lowest BCUT2D eigenvalue weighted by Crippen LogP contribution is -2.05. The first kappa shape index (κ1) is 29.1. The van der Waals surface area contributed by atoms with E-state index in [1.165, 1.54) is 99.1 Å². The predicted molar refractivity (Wildman–Crippen MR) is 221 cm³/mol. The molecule has 244 valence electrons. The molecule has 2 aromatic heterocycles. The van der Waals surface area contributed by atoms with Crippen molar-refractivity contribution in [3.8, 4) is 27.9 Å². The summed E-state index contributed by atoms with van der Waals surface area (Å²) in [6, 6.07) is 64.6. The van der Waals surface area contributed by atoms with E-state index < -0.39 is 0 Å². The third kappa shape index (κ3) is 4.44. The maximum absolute atomic E-state index is 2.51. The van der Waals surface area contributed by atoms with Gasteiger partial charge < -0.3 is 9.13 Å². The van der Waals surface area contributed by atoms with E-state index in [9.17, 15) is 0 Å². The van der Waals surface area contributed by atoms with E-state index >= 15 is 0 Å². The van der Waals surface area contributed by atoms with Crippen LogP contribution in [-0.2, 0) is 6.42 Å². The van der Waals surface area contributed by atoms with Crippen molar-refractivity contribution in [3.05, 3.63) is 187 Å². The molecule has 0 saturated heterocycles. The minimum absolute atomic E-state index is 1.01. The quantitative estimate of drug-likeness (QED) is 0.177. The molecule has 0 atom stereocenters. The summed E-state index contributed by atoms with van der Waals surface area (Å²) in [5, 5.41) is 7.74. The minimum atomic E-state index is 1.01. The Morgan fingerprint density at radius 2 is 0.885 bits per heavy atom. The van der Waals surface area contributed by atoms with Crippen LogP contribution in [0.25, 0.3) is 94.1 Å². The third-order valence-electron chi connectivity index (χ3n) is 11.2. The molecule has 0 fully saturated rings. The van der Waals surface area contributed by atoms with Crippen molar-refractivity contribution in [1.82, 2.24) is 9.13 Å². The molecule has 2 heteroatoms. The Morgan fingerprint density at radius 1 is 0.346 bits per heavy atom. The van der Waals surface area contributed by atoms with Gasteiger partial charge in [0.05, 0.1) is 22.1 Å². The zero-order valence-electron chi connectivity index (χ0n) is 28.6. The van der Waals surface area contributed by atoms with Gasteiger partial charge in [-0.15, -0.1) is 0 Å². The number of allylic oxidation sites excluding steroid dienone is 1. The molecule has 0 N–H and O–H groups in total. The molecule has 0 radical (unpaired) electrons. The second kappa shape index (κ2) is 11.4. The van der Waals surface area contributed by atoms with Gasteiger partial charge in [0.2, 0.25) is 0 Å². The molecule has 0 bridgehead atoms. The fourth-order valence-electron chi connectivity index (χ4n) is 8.73. The summed E-state index contributed by atoms with van der Waals surface area (Å²) in [4.78, 5) is 0. The van der Waals surface area contributed by atoms with Crippen molar-refractivity contribution in [2.45, 2.75) is 12.8 Å². The fraction of sp³-hybridized carbons (Fsp3) is 0.0400. The number of benzene rings is 8. The highest BCUT2D eigenvalue weighted by Gasteiger charge is 2.20. The molecular weight excluding hydrogens is 629 g/mol. The molecule has 11 rings (SSSR count). The Bertz CT molecular complexity index is 3050. The molecule has 0 aliphatic heterocycles. The largest absolute Gasteiger partial charge is 0.313 e. The van der Waals surface area contributed by atoms with E-state index in [-0.39, 0.29) is 0 Å². The van der Waals surface area contributed by atoms with Crippen LogP contribution >= 0.6 is 0 Å². The number of hydrogen-bond acceptors (Lipinski definition) is 0. The maximum atomic E-state index is 2.51. The number of aryl methyl sites for hydroxylation is 1. The standard InChI is InChI=1S/C50H34N2/c1-2-10-33(11-3-1)34-20-25-39(26-21-34)51-47-16-8-6-14-42(47)45-30-37(23-28-49(45)51)38-24-29-50-46(31-38)43-15-7-9-17-48(43)52(50)40-27-22-36-19-18-35-12-4-5-13-41(35)44(36)32-40/h1-21,23-26,28-32H,22,27H2. The Kier molecular flexibility index (Phi) is 6.41. The molecular formula is C50H34N2. The van der Waals surface area contributed by atoms with E-state index in [2.05, 4.69) is 191 Å². The zero-order valence-corrected chi connectivity index (χ0v) is 28.6. The lowest BCUT2D eigenvalue weighted by Gasteiger charge is -2.21. The van der Waals surface area contributed by atoms with Crippen LogP contribution in [0.1, 0.15) is 17.5 Å². The summed E-state index contributed by atoms with van der Waals surface area (Å²) in [7, 11) is 0. The van der Waals surface area contributed by atoms with Crippen molar-refractivity contribution >= 4 is 66.2 Å². The number of para-hydroxylation sites is 2. The minimum Gasteiger partial charge on any atom is -0.313 e. The number of aromatic nitrogens is 2. The average molecular weight is 663 g/mol. The molecule has 1 aliphatic carbocycles. The van der Waals surface area contributed by atoms with Crippen LogP contribution in [0.4, 0.5) is 0 Å². The van der Waals surface area contributed by atoms with Crippen molar-refractivity contribution in [2.75, 3.05) is 0 Å². The van der Waals surface area contributed by atoms with Crippen LogP contribution < -0.4 is 0 Å². The monoisotopic (exact) mass is 662 g/mol. The van der Waals surface area contributed by atoms with Gasteiger partial charge in [-0.3, -0.25) is 0 Å². The smallest absolute Gasteiger partial charge is 0.0541 e. The predicted octanol–water partition coefficient (Wildman–Crippen LogP) is 13.3. The fourth-order valence-corrected chi connectivity index (χ4v) is 8.73. The first-order valence-corrected chi connectivity index (χ1v) is 18.2. The lowest BCUT2D eigenvalue weighted by atomic mass is 9.90. The van der Waals surface area contributed by atoms with E-state index in [1.54, 1.807) is 0 Å². The van der Waals surface area contributed by atoms with Gasteiger partial charge in [-0.2, -0.15) is 0 Å². The van der Waals surface area contributed by atoms with Crippen molar-refractivity contribution < 1.29 is 0 Å². The number of fused-ring (bicyclic) bond motifs is 9. The Hall–Kier alpha value is -6.64. The van der Waals surface area contributed by atoms with E-state index in [0.717, 1.165) is 12.8 Å². The topological polar surface area (TPSA) is 9.86 Å². The number of rotatable bonds is 4. The van der Waals surface area contributed by atoms with Crippen LogP contribution in [0.5, 0.6) is 0 Å². The summed E-state index contributed by atoms with van der Waals surface area (Å²) in [5.74, 6) is 0. The Labute approximate surface area is 302 Å². The molecule has 0 unspecified atom stereocenters. The summed E-state index contributed by atoms with van der Waals surface area (Å²) in [5.41, 5.74) is 15.2. The molecule has 0 amide bonds. The van der Waals surface area contributed by atoms with Gasteiger partial charge in [0, 0.05) is 32.9 Å². The van der Waals surface area contributed by atoms with Crippen LogP contribution in [0.3, 0.4) is 0 Å². The van der Waals surface area contributed by atoms with Gasteiger partial charge in [0.15, 0.2) is 0 Å². The summed E-state index contributed by atoms with van der Waals surface area (Å²) in [6.07, 6.45) is 4.50. The van der Waals surface area contributed by atoms with Gasteiger partial charge in [-0.1, -0.05) is 127 Å². The number of hydrogen-bond donors (Lipinski definition) is 0. The van der Waals surface area contributed by atoms with E-state index in [4.69, 9.17) is 0 Å². The van der Waals surface area contributed by atoms with Crippen molar-refractivity contribution in [3.63, 3.8) is 0 Å². The van der Waals surface area contributed by atoms with Crippen molar-refractivity contribution in [2.24, 2.45) is 0 Å². The SMILES string of the molecule is C1=C(n2c3ccccc3c3cc(-c4ccc5c(c4)c4ccccc4n5-c4ccc(-c5ccccc5)cc4)ccc32)CCc2ccc3ccccc3c21. The maximum Gasteiger partial charge on any atom is 0.0541 e. The molecule has 2 heterocycles. The Morgan fingerprint density at radius 3 is 1.60 bits per heavy atom. The van der Waals surface area contributed by atoms with E-state index in [1.807, 2.05) is 0 Å². The zero-order chi connectivity index (χ0) is 34.2. The average Bonchev–Trinajstić information content (AvgIpc) is 3.73. The normalized spacial score (nSPS) is 13.0. The first-order chi connectivity index (χ1) is 25.8. The van der Waals surface area contributed by atoms with Crippen LogP contribution in [-0.4, -0.2) is 9.13 Å². The van der Waals surface area contributed by atoms with Gasteiger partial charge in [0.25, 0.3) is 0 Å². The second-order valence-electron chi connectivity index (χ2n) is 14.1. The summed E-state index contributed by atoms with van der Waals surface area (Å²) >= 11 is 0. The molecule has 1 aliphatic rings. The van der Waals surface area contributed by atoms with Gasteiger partial charge in [-0.05, 0) is 112 Å². The molecule has 52 heavy (non-hydrogen) atoms. The van der Waals surface area contributed by atoms with Gasteiger partial charge >= 0.3 is 0 Å². The highest BCUT2D eigenvalue weighted by Crippen LogP contribution is 2.41. The lowest BCUT2D eigenvalue weighted by molar-refractivity contribution is 0.950. The van der Waals surface area contributed by atoms with Gasteiger partial charge in [0.1, 0.15) is 0 Å². The number of nitrogens with zero attached hydrogens (tertiary/aromatic N) is 2. The molecule has 10 aromatic rings. The molecule has 0 spiro atoms. The third-order valence-corrected chi connectivity index (χ3v) is 11.2. The first-order valence-electron chi connectivity index (χ1n) is 18.2. The van der Waals surface area contributed by atoms with Crippen LogP contribution in [0.15, 0.2) is 176 Å². The van der Waals surface area contributed by atoms with Crippen molar-refractivity contribution in [1.29, 1.82) is 0 Å². The van der Waals surface area contributed by atoms with Gasteiger partial charge in [-0.25, -0.2) is 0 Å². The highest BCUT2D eigenvalue weighted by molar-refractivity contribution is 6.14. The molecule has 2 nitrogen and oxygen atoms in total. The summed E-state index contributed by atoms with van der Waals surface area (Å²) < 4.78 is 4.92. The highest BCUT2D eigenvalue weighted by atomic mass is 15.0. The van der Waals surface area contributed by atoms with E-state index in [0.29, 0.717) is 0 Å². The second-order valence-corrected chi connectivity index (χ2v) is 14.1. The summed E-state index contributed by atoms with van der Waals surface area (Å²) in [6.45, 7) is 0. The Balaban J connectivity index is 1.04. The molecule has 0 saturated carbocycles. The van der Waals surface area contributed by atoms with Crippen LogP contribution in [0.2, 0.25) is 0 Å².